The summed E-state index contributed by atoms with van der Waals surface area (Å²) in [5, 5.41) is 8.58. The zero-order valence-electron chi connectivity index (χ0n) is 13.6. The smallest absolute Gasteiger partial charge is 0.319 e. The minimum atomic E-state index is -0.239. The fourth-order valence-corrected chi connectivity index (χ4v) is 3.11. The molecule has 24 heavy (non-hydrogen) atoms. The number of hydrogen-bond acceptors (Lipinski definition) is 2. The van der Waals surface area contributed by atoms with Crippen LogP contribution in [0.4, 0.5) is 16.2 Å². The van der Waals surface area contributed by atoms with Crippen LogP contribution < -0.4 is 16.0 Å². The van der Waals surface area contributed by atoms with Gasteiger partial charge in [-0.15, -0.1) is 0 Å². The summed E-state index contributed by atoms with van der Waals surface area (Å²) in [4.78, 5) is 23.4. The molecule has 0 aliphatic heterocycles. The van der Waals surface area contributed by atoms with Gasteiger partial charge in [-0.2, -0.15) is 0 Å². The zero-order valence-corrected chi connectivity index (χ0v) is 13.6. The van der Waals surface area contributed by atoms with E-state index in [-0.39, 0.29) is 18.0 Å². The van der Waals surface area contributed by atoms with Gasteiger partial charge in [0.15, 0.2) is 0 Å². The molecule has 3 amide bonds. The second kappa shape index (κ2) is 7.17. The molecular weight excluding hydrogens is 302 g/mol. The van der Waals surface area contributed by atoms with Crippen LogP contribution in [0, 0.1) is 0 Å². The number of aryl methyl sites for hydroxylation is 1. The highest BCUT2D eigenvalue weighted by atomic mass is 16.2. The molecule has 0 bridgehead atoms. The molecule has 2 aromatic rings. The van der Waals surface area contributed by atoms with Crippen molar-refractivity contribution >= 4 is 23.3 Å². The third-order valence-electron chi connectivity index (χ3n) is 4.12. The quantitative estimate of drug-likeness (QED) is 0.803. The average Bonchev–Trinajstić information content (AvgIpc) is 2.55. The number of amides is 3. The van der Waals surface area contributed by atoms with Crippen LogP contribution in [-0.4, -0.2) is 11.9 Å². The molecule has 1 aliphatic carbocycles. The van der Waals surface area contributed by atoms with Gasteiger partial charge in [0.1, 0.15) is 0 Å². The molecule has 3 rings (SSSR count). The Bertz CT molecular complexity index is 758. The van der Waals surface area contributed by atoms with E-state index >= 15 is 0 Å². The van der Waals surface area contributed by atoms with E-state index in [1.807, 2.05) is 12.1 Å². The van der Waals surface area contributed by atoms with Crippen LogP contribution in [0.1, 0.15) is 36.9 Å². The lowest BCUT2D eigenvalue weighted by molar-refractivity contribution is -0.114. The monoisotopic (exact) mass is 323 g/mol. The van der Waals surface area contributed by atoms with Gasteiger partial charge in [-0.25, -0.2) is 4.79 Å². The van der Waals surface area contributed by atoms with Crippen molar-refractivity contribution in [3.63, 3.8) is 0 Å². The van der Waals surface area contributed by atoms with Crippen LogP contribution in [0.3, 0.4) is 0 Å². The Morgan fingerprint density at radius 1 is 1.00 bits per heavy atom. The molecule has 1 unspecified atom stereocenters. The molecule has 0 radical (unpaired) electrons. The summed E-state index contributed by atoms with van der Waals surface area (Å²) in [6, 6.07) is 15.1. The third kappa shape index (κ3) is 3.93. The van der Waals surface area contributed by atoms with Gasteiger partial charge in [0, 0.05) is 18.3 Å². The van der Waals surface area contributed by atoms with Crippen molar-refractivity contribution in [1.82, 2.24) is 5.32 Å². The normalized spacial score (nSPS) is 16.0. The number of anilines is 2. The van der Waals surface area contributed by atoms with Gasteiger partial charge in [-0.3, -0.25) is 4.79 Å². The van der Waals surface area contributed by atoms with E-state index in [1.165, 1.54) is 18.1 Å². The maximum absolute atomic E-state index is 12.3. The summed E-state index contributed by atoms with van der Waals surface area (Å²) in [5.74, 6) is -0.143. The summed E-state index contributed by atoms with van der Waals surface area (Å²) >= 11 is 0. The molecule has 1 atom stereocenters. The molecule has 124 valence electrons. The van der Waals surface area contributed by atoms with Crippen molar-refractivity contribution in [3.8, 4) is 0 Å². The van der Waals surface area contributed by atoms with Gasteiger partial charge in [0.25, 0.3) is 0 Å². The van der Waals surface area contributed by atoms with Crippen LogP contribution in [0.2, 0.25) is 0 Å². The number of carbonyl (C=O) groups excluding carboxylic acids is 2. The second-order valence-corrected chi connectivity index (χ2v) is 6.00. The van der Waals surface area contributed by atoms with Gasteiger partial charge in [0.2, 0.25) is 5.91 Å². The van der Waals surface area contributed by atoms with Gasteiger partial charge >= 0.3 is 6.03 Å². The molecular formula is C19H21N3O2. The molecule has 0 fully saturated rings. The molecule has 5 heteroatoms. The minimum Gasteiger partial charge on any atom is -0.331 e. The summed E-state index contributed by atoms with van der Waals surface area (Å²) in [6.07, 6.45) is 3.07. The maximum atomic E-state index is 12.3. The Morgan fingerprint density at radius 2 is 1.75 bits per heavy atom. The van der Waals surface area contributed by atoms with Crippen LogP contribution in [-0.2, 0) is 11.2 Å². The Balaban J connectivity index is 1.65. The Kier molecular flexibility index (Phi) is 4.79. The molecule has 3 N–H and O–H groups in total. The SMILES string of the molecule is CC(=O)Nc1cccc(NC(=O)NC2CCCc3ccccc32)c1. The van der Waals surface area contributed by atoms with Gasteiger partial charge in [-0.05, 0) is 48.6 Å². The molecule has 1 aliphatic rings. The van der Waals surface area contributed by atoms with Gasteiger partial charge in [-0.1, -0.05) is 30.3 Å². The first-order chi connectivity index (χ1) is 11.6. The number of fused-ring (bicyclic) bond motifs is 1. The lowest BCUT2D eigenvalue weighted by Gasteiger charge is -2.26. The predicted molar refractivity (Wildman–Crippen MR) is 95.0 cm³/mol. The summed E-state index contributed by atoms with van der Waals surface area (Å²) in [5.41, 5.74) is 3.80. The fraction of sp³-hybridized carbons (Fsp3) is 0.263. The van der Waals surface area contributed by atoms with Gasteiger partial charge in [0.05, 0.1) is 6.04 Å². The van der Waals surface area contributed by atoms with Crippen molar-refractivity contribution in [3.05, 3.63) is 59.7 Å². The number of hydrogen-bond donors (Lipinski definition) is 3. The second-order valence-electron chi connectivity index (χ2n) is 6.00. The highest BCUT2D eigenvalue weighted by Crippen LogP contribution is 2.29. The lowest BCUT2D eigenvalue weighted by Crippen LogP contribution is -2.34. The van der Waals surface area contributed by atoms with Crippen molar-refractivity contribution in [2.45, 2.75) is 32.2 Å². The van der Waals surface area contributed by atoms with Crippen molar-refractivity contribution in [2.75, 3.05) is 10.6 Å². The number of urea groups is 1. The van der Waals surface area contributed by atoms with Crippen LogP contribution in [0.25, 0.3) is 0 Å². The van der Waals surface area contributed by atoms with E-state index in [4.69, 9.17) is 0 Å². The van der Waals surface area contributed by atoms with Crippen LogP contribution in [0.5, 0.6) is 0 Å². The molecule has 5 nitrogen and oxygen atoms in total. The number of benzene rings is 2. The maximum Gasteiger partial charge on any atom is 0.319 e. The number of carbonyl (C=O) groups is 2. The molecule has 2 aromatic carbocycles. The van der Waals surface area contributed by atoms with Crippen molar-refractivity contribution in [1.29, 1.82) is 0 Å². The molecule has 0 saturated heterocycles. The Morgan fingerprint density at radius 3 is 2.54 bits per heavy atom. The summed E-state index contributed by atoms with van der Waals surface area (Å²) < 4.78 is 0. The molecule has 0 saturated carbocycles. The fourth-order valence-electron chi connectivity index (χ4n) is 3.11. The first-order valence-corrected chi connectivity index (χ1v) is 8.15. The lowest BCUT2D eigenvalue weighted by atomic mass is 9.88. The predicted octanol–water partition coefficient (Wildman–Crippen LogP) is 3.84. The molecule has 0 aromatic heterocycles. The summed E-state index contributed by atoms with van der Waals surface area (Å²) in [7, 11) is 0. The Labute approximate surface area is 141 Å². The highest BCUT2D eigenvalue weighted by Gasteiger charge is 2.21. The van der Waals surface area contributed by atoms with Crippen molar-refractivity contribution in [2.24, 2.45) is 0 Å². The zero-order chi connectivity index (χ0) is 16.9. The summed E-state index contributed by atoms with van der Waals surface area (Å²) in [6.45, 7) is 1.45. The molecule has 0 heterocycles. The van der Waals surface area contributed by atoms with E-state index in [2.05, 4.69) is 28.1 Å². The first-order valence-electron chi connectivity index (χ1n) is 8.15. The van der Waals surface area contributed by atoms with E-state index < -0.39 is 0 Å². The Hall–Kier alpha value is -2.82. The van der Waals surface area contributed by atoms with E-state index in [0.717, 1.165) is 19.3 Å². The van der Waals surface area contributed by atoms with Gasteiger partial charge < -0.3 is 16.0 Å². The first kappa shape index (κ1) is 16.1. The van der Waals surface area contributed by atoms with Crippen LogP contribution in [0.15, 0.2) is 48.5 Å². The highest BCUT2D eigenvalue weighted by molar-refractivity contribution is 5.92. The van der Waals surface area contributed by atoms with E-state index in [9.17, 15) is 9.59 Å². The van der Waals surface area contributed by atoms with Crippen molar-refractivity contribution < 1.29 is 9.59 Å². The largest absolute Gasteiger partial charge is 0.331 e. The minimum absolute atomic E-state index is 0.0356. The third-order valence-corrected chi connectivity index (χ3v) is 4.12. The standard InChI is InChI=1S/C19H21N3O2/c1-13(23)20-15-8-5-9-16(12-15)21-19(24)22-18-11-4-7-14-6-2-3-10-17(14)18/h2-3,5-6,8-10,12,18H,4,7,11H2,1H3,(H,20,23)(H2,21,22,24). The van der Waals surface area contributed by atoms with Crippen LogP contribution >= 0.6 is 0 Å². The average molecular weight is 323 g/mol. The van der Waals surface area contributed by atoms with E-state index in [0.29, 0.717) is 11.4 Å². The number of rotatable bonds is 3. The number of nitrogens with one attached hydrogen (secondary N) is 3. The molecule has 0 spiro atoms. The van der Waals surface area contributed by atoms with E-state index in [1.54, 1.807) is 24.3 Å². The topological polar surface area (TPSA) is 70.2 Å².